The Kier molecular flexibility index (Phi) is 3.85. The highest BCUT2D eigenvalue weighted by atomic mass is 19.1. The second-order valence-electron chi connectivity index (χ2n) is 5.49. The number of benzene rings is 1. The number of carbonyl (C=O) groups is 1. The monoisotopic (exact) mass is 316 g/mol. The summed E-state index contributed by atoms with van der Waals surface area (Å²) in [5.41, 5.74) is 0.771. The fourth-order valence-corrected chi connectivity index (χ4v) is 2.27. The Hall–Kier alpha value is -2.70. The summed E-state index contributed by atoms with van der Waals surface area (Å²) in [7, 11) is 3.62. The van der Waals surface area contributed by atoms with Crippen molar-refractivity contribution in [2.75, 3.05) is 20.7 Å². The summed E-state index contributed by atoms with van der Waals surface area (Å²) in [5, 5.41) is 0. The number of amides is 1. The van der Waals surface area contributed by atoms with Crippen LogP contribution in [0.4, 0.5) is 4.39 Å². The molecule has 0 unspecified atom stereocenters. The molecule has 6 nitrogen and oxygen atoms in total. The van der Waals surface area contributed by atoms with Crippen LogP contribution in [0.3, 0.4) is 0 Å². The second-order valence-corrected chi connectivity index (χ2v) is 5.49. The summed E-state index contributed by atoms with van der Waals surface area (Å²) in [5.74, 6) is 0.863. The van der Waals surface area contributed by atoms with Crippen molar-refractivity contribution in [3.05, 3.63) is 35.9 Å². The van der Waals surface area contributed by atoms with E-state index in [0.29, 0.717) is 36.1 Å². The number of halogens is 1. The summed E-state index contributed by atoms with van der Waals surface area (Å²) in [6, 6.07) is 4.28. The van der Waals surface area contributed by atoms with Crippen LogP contribution in [-0.4, -0.2) is 46.9 Å². The first-order valence-corrected chi connectivity index (χ1v) is 7.22. The molecule has 0 bridgehead atoms. The third-order valence-corrected chi connectivity index (χ3v) is 3.68. The van der Waals surface area contributed by atoms with Crippen molar-refractivity contribution in [1.29, 1.82) is 0 Å². The molecular weight excluding hydrogens is 299 g/mol. The molecule has 0 saturated heterocycles. The highest BCUT2D eigenvalue weighted by molar-refractivity contribution is 6.01. The smallest absolute Gasteiger partial charge is 0.298 e. The summed E-state index contributed by atoms with van der Waals surface area (Å²) in [4.78, 5) is 22.4. The van der Waals surface area contributed by atoms with E-state index in [2.05, 4.69) is 9.98 Å². The van der Waals surface area contributed by atoms with Gasteiger partial charge in [-0.25, -0.2) is 9.37 Å². The van der Waals surface area contributed by atoms with Gasteiger partial charge < -0.3 is 14.2 Å². The molecule has 3 rings (SSSR count). The molecular formula is C16H17FN4O2. The van der Waals surface area contributed by atoms with Crippen LogP contribution in [0, 0.1) is 5.82 Å². The molecule has 2 heterocycles. The van der Waals surface area contributed by atoms with Gasteiger partial charge in [0.25, 0.3) is 5.91 Å². The summed E-state index contributed by atoms with van der Waals surface area (Å²) < 4.78 is 20.9. The zero-order chi connectivity index (χ0) is 16.6. The van der Waals surface area contributed by atoms with Gasteiger partial charge >= 0.3 is 0 Å². The average Bonchev–Trinajstić information content (AvgIpc) is 2.85. The van der Waals surface area contributed by atoms with E-state index in [1.807, 2.05) is 14.1 Å². The number of fused-ring (bicyclic) bond motifs is 3. The lowest BCUT2D eigenvalue weighted by molar-refractivity contribution is 0.0997. The van der Waals surface area contributed by atoms with Crippen LogP contribution in [0.15, 0.2) is 29.4 Å². The third kappa shape index (κ3) is 2.94. The van der Waals surface area contributed by atoms with Crippen molar-refractivity contribution in [1.82, 2.24) is 14.5 Å². The van der Waals surface area contributed by atoms with E-state index >= 15 is 0 Å². The van der Waals surface area contributed by atoms with Crippen LogP contribution in [0.5, 0.6) is 5.75 Å². The lowest BCUT2D eigenvalue weighted by Crippen LogP contribution is -2.20. The molecule has 0 spiro atoms. The van der Waals surface area contributed by atoms with Crippen molar-refractivity contribution in [3.8, 4) is 17.1 Å². The minimum Gasteiger partial charge on any atom is -0.491 e. The molecule has 0 fully saturated rings. The average molecular weight is 316 g/mol. The maximum atomic E-state index is 13.6. The first-order chi connectivity index (χ1) is 11.0. The molecule has 0 saturated carbocycles. The molecule has 2 aromatic rings. The lowest BCUT2D eigenvalue weighted by Gasteiger charge is -2.09. The molecule has 1 aromatic carbocycles. The molecule has 23 heavy (non-hydrogen) atoms. The number of hydrogen-bond donors (Lipinski definition) is 0. The van der Waals surface area contributed by atoms with Gasteiger partial charge in [-0.2, -0.15) is 4.99 Å². The molecule has 0 radical (unpaired) electrons. The predicted molar refractivity (Wildman–Crippen MR) is 84.2 cm³/mol. The third-order valence-electron chi connectivity index (χ3n) is 3.68. The number of amidine groups is 1. The van der Waals surface area contributed by atoms with Gasteiger partial charge in [-0.3, -0.25) is 4.79 Å². The van der Waals surface area contributed by atoms with Crippen LogP contribution in [0.2, 0.25) is 0 Å². The molecule has 120 valence electrons. The Labute approximate surface area is 133 Å². The van der Waals surface area contributed by atoms with Crippen LogP contribution >= 0.6 is 0 Å². The molecule has 1 aliphatic heterocycles. The van der Waals surface area contributed by atoms with Crippen molar-refractivity contribution in [2.24, 2.45) is 4.99 Å². The first kappa shape index (κ1) is 15.2. The fourth-order valence-electron chi connectivity index (χ4n) is 2.27. The van der Waals surface area contributed by atoms with E-state index in [0.717, 1.165) is 0 Å². The van der Waals surface area contributed by atoms with Crippen LogP contribution in [-0.2, 0) is 6.54 Å². The number of carbonyl (C=O) groups excluding carboxylic acids is 1. The highest BCUT2D eigenvalue weighted by Crippen LogP contribution is 2.32. The first-order valence-electron chi connectivity index (χ1n) is 7.22. The quantitative estimate of drug-likeness (QED) is 0.598. The molecule has 1 aromatic heterocycles. The summed E-state index contributed by atoms with van der Waals surface area (Å²) >= 11 is 0. The second kappa shape index (κ2) is 5.83. The van der Waals surface area contributed by atoms with Gasteiger partial charge in [0.15, 0.2) is 0 Å². The van der Waals surface area contributed by atoms with Crippen LogP contribution in [0.1, 0.15) is 17.4 Å². The predicted octanol–water partition coefficient (Wildman–Crippen LogP) is 2.20. The Morgan fingerprint density at radius 1 is 1.43 bits per heavy atom. The van der Waals surface area contributed by atoms with Gasteiger partial charge in [-0.05, 0) is 25.1 Å². The van der Waals surface area contributed by atoms with Crippen LogP contribution < -0.4 is 4.74 Å². The minimum absolute atomic E-state index is 0.235. The number of hydrogen-bond acceptors (Lipinski definition) is 3. The van der Waals surface area contributed by atoms with Gasteiger partial charge in [0.2, 0.25) is 0 Å². The van der Waals surface area contributed by atoms with E-state index in [1.54, 1.807) is 28.7 Å². The van der Waals surface area contributed by atoms with E-state index in [-0.39, 0.29) is 11.5 Å². The van der Waals surface area contributed by atoms with E-state index in [9.17, 15) is 9.18 Å². The standard InChI is InChI=1S/C16H17FN4O2/c1-10(20(2)3)18-16(22)13-9-21-6-7-23-14-5-4-11(17)8-12(14)15(21)19-13/h4-5,8-9H,6-7H2,1-3H3/b18-10+. The van der Waals surface area contributed by atoms with Gasteiger partial charge in [0.05, 0.1) is 12.1 Å². The topological polar surface area (TPSA) is 59.7 Å². The summed E-state index contributed by atoms with van der Waals surface area (Å²) in [6.07, 6.45) is 1.63. The Morgan fingerprint density at radius 2 is 2.22 bits per heavy atom. The van der Waals surface area contributed by atoms with Crippen molar-refractivity contribution in [2.45, 2.75) is 13.5 Å². The molecule has 1 aliphatic rings. The molecule has 1 amide bonds. The van der Waals surface area contributed by atoms with Gasteiger partial charge in [0, 0.05) is 20.3 Å². The number of ether oxygens (including phenoxy) is 1. The number of rotatable bonds is 1. The SMILES string of the molecule is C/C(=N\C(=O)c1cn2c(n1)-c1cc(F)ccc1OCC2)N(C)C. The number of nitrogens with zero attached hydrogens (tertiary/aromatic N) is 4. The van der Waals surface area contributed by atoms with Crippen LogP contribution in [0.25, 0.3) is 11.4 Å². The summed E-state index contributed by atoms with van der Waals surface area (Å²) in [6.45, 7) is 2.70. The number of aromatic nitrogens is 2. The van der Waals surface area contributed by atoms with Gasteiger partial charge in [-0.15, -0.1) is 0 Å². The van der Waals surface area contributed by atoms with Gasteiger partial charge in [0.1, 0.15) is 35.5 Å². The van der Waals surface area contributed by atoms with Crippen molar-refractivity contribution in [3.63, 3.8) is 0 Å². The fraction of sp³-hybridized carbons (Fsp3) is 0.312. The van der Waals surface area contributed by atoms with Crippen molar-refractivity contribution >= 4 is 11.7 Å². The molecule has 7 heteroatoms. The maximum Gasteiger partial charge on any atom is 0.298 e. The van der Waals surface area contributed by atoms with Crippen molar-refractivity contribution < 1.29 is 13.9 Å². The molecule has 0 N–H and O–H groups in total. The molecule has 0 aliphatic carbocycles. The van der Waals surface area contributed by atoms with E-state index in [4.69, 9.17) is 4.74 Å². The van der Waals surface area contributed by atoms with Gasteiger partial charge in [-0.1, -0.05) is 0 Å². The largest absolute Gasteiger partial charge is 0.491 e. The Balaban J connectivity index is 2.03. The Morgan fingerprint density at radius 3 is 2.96 bits per heavy atom. The number of aliphatic imine (C=N–C) groups is 1. The highest BCUT2D eigenvalue weighted by Gasteiger charge is 2.21. The lowest BCUT2D eigenvalue weighted by atomic mass is 10.2. The van der Waals surface area contributed by atoms with E-state index in [1.165, 1.54) is 12.1 Å². The number of imidazole rings is 1. The zero-order valence-electron chi connectivity index (χ0n) is 13.2. The van der Waals surface area contributed by atoms with E-state index < -0.39 is 5.91 Å². The Bertz CT molecular complexity index is 795. The minimum atomic E-state index is -0.421. The zero-order valence-corrected chi connectivity index (χ0v) is 13.2. The molecule has 0 atom stereocenters. The maximum absolute atomic E-state index is 13.6. The normalized spacial score (nSPS) is 13.7.